The average Bonchev–Trinajstić information content (AvgIpc) is 2.52. The Labute approximate surface area is 135 Å². The van der Waals surface area contributed by atoms with E-state index in [0.29, 0.717) is 17.9 Å². The van der Waals surface area contributed by atoms with Crippen molar-refractivity contribution in [3.63, 3.8) is 0 Å². The predicted molar refractivity (Wildman–Crippen MR) is 88.6 cm³/mol. The first kappa shape index (κ1) is 17.7. The minimum Gasteiger partial charge on any atom is -0.496 e. The maximum absolute atomic E-state index is 7.35. The average molecular weight is 323 g/mol. The molecule has 0 aromatic heterocycles. The molecular formula is C16H19ClN2O3. The van der Waals surface area contributed by atoms with E-state index in [4.69, 9.17) is 25.4 Å². The summed E-state index contributed by atoms with van der Waals surface area (Å²) < 4.78 is 16.4. The lowest BCUT2D eigenvalue weighted by Gasteiger charge is -2.14. The van der Waals surface area contributed by atoms with Crippen molar-refractivity contribution >= 4 is 18.2 Å². The monoisotopic (exact) mass is 322 g/mol. The van der Waals surface area contributed by atoms with Crippen LogP contribution in [0.5, 0.6) is 17.2 Å². The van der Waals surface area contributed by atoms with E-state index < -0.39 is 0 Å². The maximum Gasteiger partial charge on any atom is 0.129 e. The van der Waals surface area contributed by atoms with Crippen molar-refractivity contribution in [1.82, 2.24) is 0 Å². The fraction of sp³-hybridized carbons (Fsp3) is 0.188. The number of halogens is 1. The molecule has 118 valence electrons. The van der Waals surface area contributed by atoms with Crippen LogP contribution in [-0.4, -0.2) is 20.1 Å². The van der Waals surface area contributed by atoms with Gasteiger partial charge in [0.1, 0.15) is 29.7 Å². The highest BCUT2D eigenvalue weighted by Crippen LogP contribution is 2.29. The van der Waals surface area contributed by atoms with E-state index in [-0.39, 0.29) is 18.2 Å². The summed E-state index contributed by atoms with van der Waals surface area (Å²) in [7, 11) is 3.22. The molecule has 3 N–H and O–H groups in total. The minimum absolute atomic E-state index is 0. The normalized spacial score (nSPS) is 9.55. The zero-order valence-corrected chi connectivity index (χ0v) is 13.3. The lowest BCUT2D eigenvalue weighted by molar-refractivity contribution is 0.286. The van der Waals surface area contributed by atoms with Gasteiger partial charge in [0.05, 0.1) is 19.8 Å². The van der Waals surface area contributed by atoms with Gasteiger partial charge >= 0.3 is 0 Å². The molecule has 2 aromatic carbocycles. The van der Waals surface area contributed by atoms with Crippen LogP contribution in [0.25, 0.3) is 0 Å². The van der Waals surface area contributed by atoms with Crippen molar-refractivity contribution in [2.45, 2.75) is 6.61 Å². The zero-order valence-electron chi connectivity index (χ0n) is 12.5. The lowest BCUT2D eigenvalue weighted by atomic mass is 10.2. The molecule has 0 spiro atoms. The standard InChI is InChI=1S/C16H18N2O3.ClH/c1-19-14-4-3-5-15(20-2)13(14)10-21-12-8-6-11(7-9-12)16(17)18;/h3-9H,10H2,1-2H3,(H3,17,18);1H. The Morgan fingerprint density at radius 3 is 2.00 bits per heavy atom. The third-order valence-electron chi connectivity index (χ3n) is 3.08. The van der Waals surface area contributed by atoms with Crippen LogP contribution in [0.2, 0.25) is 0 Å². The number of hydrogen-bond acceptors (Lipinski definition) is 4. The number of benzene rings is 2. The topological polar surface area (TPSA) is 77.6 Å². The highest BCUT2D eigenvalue weighted by molar-refractivity contribution is 5.94. The van der Waals surface area contributed by atoms with E-state index in [0.717, 1.165) is 17.1 Å². The molecule has 6 heteroatoms. The van der Waals surface area contributed by atoms with Crippen molar-refractivity contribution < 1.29 is 14.2 Å². The number of rotatable bonds is 6. The summed E-state index contributed by atoms with van der Waals surface area (Å²) in [6.07, 6.45) is 0. The van der Waals surface area contributed by atoms with Gasteiger partial charge < -0.3 is 19.9 Å². The molecule has 0 saturated carbocycles. The van der Waals surface area contributed by atoms with Gasteiger partial charge in [0.15, 0.2) is 0 Å². The van der Waals surface area contributed by atoms with Gasteiger partial charge in [-0.3, -0.25) is 5.41 Å². The molecule has 0 saturated heterocycles. The first-order chi connectivity index (χ1) is 10.2. The Morgan fingerprint density at radius 2 is 1.55 bits per heavy atom. The van der Waals surface area contributed by atoms with E-state index >= 15 is 0 Å². The van der Waals surface area contributed by atoms with Crippen LogP contribution in [-0.2, 0) is 6.61 Å². The van der Waals surface area contributed by atoms with Crippen molar-refractivity contribution in [2.24, 2.45) is 5.73 Å². The molecule has 0 aliphatic rings. The first-order valence-corrected chi connectivity index (χ1v) is 6.43. The zero-order chi connectivity index (χ0) is 15.2. The fourth-order valence-electron chi connectivity index (χ4n) is 1.96. The van der Waals surface area contributed by atoms with Crippen LogP contribution >= 0.6 is 12.4 Å². The molecule has 0 unspecified atom stereocenters. The molecular weight excluding hydrogens is 304 g/mol. The van der Waals surface area contributed by atoms with Crippen LogP contribution < -0.4 is 19.9 Å². The molecule has 0 fully saturated rings. The second-order valence-electron chi connectivity index (χ2n) is 4.37. The number of nitrogens with one attached hydrogen (secondary N) is 1. The van der Waals surface area contributed by atoms with Gasteiger partial charge in [0.25, 0.3) is 0 Å². The van der Waals surface area contributed by atoms with Gasteiger partial charge in [-0.1, -0.05) is 6.07 Å². The molecule has 2 rings (SSSR count). The smallest absolute Gasteiger partial charge is 0.129 e. The summed E-state index contributed by atoms with van der Waals surface area (Å²) in [5.41, 5.74) is 6.92. The van der Waals surface area contributed by atoms with Gasteiger partial charge in [-0.25, -0.2) is 0 Å². The molecule has 0 aliphatic heterocycles. The van der Waals surface area contributed by atoms with Crippen molar-refractivity contribution in [1.29, 1.82) is 5.41 Å². The summed E-state index contributed by atoms with van der Waals surface area (Å²) in [5.74, 6) is 2.16. The van der Waals surface area contributed by atoms with Crippen molar-refractivity contribution in [3.05, 3.63) is 53.6 Å². The Bertz CT molecular complexity index is 608. The number of amidine groups is 1. The SMILES string of the molecule is COc1cccc(OC)c1COc1ccc(C(=N)N)cc1.Cl. The largest absolute Gasteiger partial charge is 0.496 e. The van der Waals surface area contributed by atoms with Crippen molar-refractivity contribution in [2.75, 3.05) is 14.2 Å². The fourth-order valence-corrected chi connectivity index (χ4v) is 1.96. The number of ether oxygens (including phenoxy) is 3. The number of nitrogens with two attached hydrogens (primary N) is 1. The molecule has 0 radical (unpaired) electrons. The highest BCUT2D eigenvalue weighted by atomic mass is 35.5. The predicted octanol–water partition coefficient (Wildman–Crippen LogP) is 2.99. The minimum atomic E-state index is 0. The summed E-state index contributed by atoms with van der Waals surface area (Å²) in [6, 6.07) is 12.6. The van der Waals surface area contributed by atoms with Crippen LogP contribution in [0.3, 0.4) is 0 Å². The summed E-state index contributed by atoms with van der Waals surface area (Å²) in [5, 5.41) is 7.35. The molecule has 0 heterocycles. The number of methoxy groups -OCH3 is 2. The quantitative estimate of drug-likeness (QED) is 0.633. The van der Waals surface area contributed by atoms with E-state index in [1.54, 1.807) is 38.5 Å². The number of nitrogen functional groups attached to an aromatic ring is 1. The van der Waals surface area contributed by atoms with E-state index in [1.807, 2.05) is 18.2 Å². The molecule has 0 bridgehead atoms. The van der Waals surface area contributed by atoms with E-state index in [2.05, 4.69) is 0 Å². The van der Waals surface area contributed by atoms with Gasteiger partial charge in [0, 0.05) is 5.56 Å². The van der Waals surface area contributed by atoms with Crippen molar-refractivity contribution in [3.8, 4) is 17.2 Å². The van der Waals surface area contributed by atoms with Gasteiger partial charge in [0.2, 0.25) is 0 Å². The number of hydrogen-bond donors (Lipinski definition) is 2. The maximum atomic E-state index is 7.35. The molecule has 0 aliphatic carbocycles. The molecule has 2 aromatic rings. The van der Waals surface area contributed by atoms with Crippen LogP contribution in [0.4, 0.5) is 0 Å². The second kappa shape index (κ2) is 8.14. The summed E-state index contributed by atoms with van der Waals surface area (Å²) in [4.78, 5) is 0. The van der Waals surface area contributed by atoms with E-state index in [9.17, 15) is 0 Å². The Balaban J connectivity index is 0.00000242. The summed E-state index contributed by atoms with van der Waals surface area (Å²) >= 11 is 0. The van der Waals surface area contributed by atoms with E-state index in [1.165, 1.54) is 0 Å². The van der Waals surface area contributed by atoms with Crippen LogP contribution in [0.1, 0.15) is 11.1 Å². The van der Waals surface area contributed by atoms with Gasteiger partial charge in [-0.15, -0.1) is 12.4 Å². The highest BCUT2D eigenvalue weighted by Gasteiger charge is 2.10. The van der Waals surface area contributed by atoms with Crippen LogP contribution in [0.15, 0.2) is 42.5 Å². The first-order valence-electron chi connectivity index (χ1n) is 6.43. The van der Waals surface area contributed by atoms with Gasteiger partial charge in [-0.2, -0.15) is 0 Å². The van der Waals surface area contributed by atoms with Gasteiger partial charge in [-0.05, 0) is 36.4 Å². The lowest BCUT2D eigenvalue weighted by Crippen LogP contribution is -2.10. The Kier molecular flexibility index (Phi) is 6.53. The molecule has 22 heavy (non-hydrogen) atoms. The third-order valence-corrected chi connectivity index (χ3v) is 3.08. The summed E-state index contributed by atoms with van der Waals surface area (Å²) in [6.45, 7) is 0.326. The Morgan fingerprint density at radius 1 is 1.00 bits per heavy atom. The molecule has 5 nitrogen and oxygen atoms in total. The molecule has 0 atom stereocenters. The second-order valence-corrected chi connectivity index (χ2v) is 4.37. The Hall–Kier alpha value is -2.40. The van der Waals surface area contributed by atoms with Crippen LogP contribution in [0, 0.1) is 5.41 Å². The molecule has 0 amide bonds. The third kappa shape index (κ3) is 4.05.